The Balaban J connectivity index is 1.82. The van der Waals surface area contributed by atoms with Gasteiger partial charge in [0.2, 0.25) is 5.91 Å². The number of alkyl halides is 1. The molecule has 1 aliphatic carbocycles. The van der Waals surface area contributed by atoms with E-state index in [4.69, 9.17) is 5.73 Å². The summed E-state index contributed by atoms with van der Waals surface area (Å²) in [5.41, 5.74) is 5.98. The Labute approximate surface area is 116 Å². The molecule has 3 atom stereocenters. The Morgan fingerprint density at radius 3 is 2.60 bits per heavy atom. The number of benzene rings is 1. The van der Waals surface area contributed by atoms with E-state index in [1.165, 1.54) is 12.1 Å². The molecule has 1 aromatic carbocycles. The number of nitrogens with two attached hydrogens (primary N) is 1. The van der Waals surface area contributed by atoms with Crippen LogP contribution in [0.1, 0.15) is 25.7 Å². The average molecular weight is 280 g/mol. The third-order valence-electron chi connectivity index (χ3n) is 4.64. The van der Waals surface area contributed by atoms with E-state index in [0.717, 1.165) is 0 Å². The van der Waals surface area contributed by atoms with Crippen molar-refractivity contribution in [2.75, 3.05) is 11.4 Å². The minimum absolute atomic E-state index is 0.00598. The Bertz CT molecular complexity index is 519. The van der Waals surface area contributed by atoms with Crippen LogP contribution in [0.5, 0.6) is 0 Å². The molecular weight excluding hydrogens is 262 g/mol. The van der Waals surface area contributed by atoms with Crippen molar-refractivity contribution < 1.29 is 13.6 Å². The van der Waals surface area contributed by atoms with Gasteiger partial charge in [-0.25, -0.2) is 8.78 Å². The van der Waals surface area contributed by atoms with Crippen LogP contribution in [0.3, 0.4) is 0 Å². The summed E-state index contributed by atoms with van der Waals surface area (Å²) in [4.78, 5) is 14.3. The number of rotatable bonds is 1. The van der Waals surface area contributed by atoms with Crippen molar-refractivity contribution >= 4 is 11.6 Å². The zero-order valence-corrected chi connectivity index (χ0v) is 11.2. The predicted molar refractivity (Wildman–Crippen MR) is 72.5 cm³/mol. The van der Waals surface area contributed by atoms with Crippen LogP contribution in [-0.4, -0.2) is 24.7 Å². The second kappa shape index (κ2) is 4.81. The molecule has 1 spiro atoms. The number of carbonyl (C=O) groups excluding carboxylic acids is 1. The molecule has 2 aliphatic rings. The molecule has 2 N–H and O–H groups in total. The van der Waals surface area contributed by atoms with Gasteiger partial charge in [-0.15, -0.1) is 0 Å². The van der Waals surface area contributed by atoms with E-state index in [0.29, 0.717) is 37.9 Å². The first-order chi connectivity index (χ1) is 9.52. The molecule has 20 heavy (non-hydrogen) atoms. The second-order valence-electron chi connectivity index (χ2n) is 5.89. The lowest BCUT2D eigenvalue weighted by molar-refractivity contribution is -0.128. The Kier molecular flexibility index (Phi) is 3.24. The van der Waals surface area contributed by atoms with E-state index in [1.807, 2.05) is 0 Å². The predicted octanol–water partition coefficient (Wildman–Crippen LogP) is 2.40. The lowest BCUT2D eigenvalue weighted by Gasteiger charge is -2.36. The number of hydrogen-bond donors (Lipinski definition) is 1. The fourth-order valence-electron chi connectivity index (χ4n) is 3.42. The van der Waals surface area contributed by atoms with Crippen LogP contribution >= 0.6 is 0 Å². The average Bonchev–Trinajstić information content (AvgIpc) is 2.74. The molecule has 1 saturated carbocycles. The monoisotopic (exact) mass is 280 g/mol. The first kappa shape index (κ1) is 13.5. The number of amides is 1. The maximum absolute atomic E-state index is 13.5. The van der Waals surface area contributed by atoms with Crippen molar-refractivity contribution in [2.24, 2.45) is 11.1 Å². The number of halogens is 2. The minimum Gasteiger partial charge on any atom is -0.325 e. The summed E-state index contributed by atoms with van der Waals surface area (Å²) < 4.78 is 26.5. The third kappa shape index (κ3) is 2.10. The molecule has 1 saturated heterocycles. The minimum atomic E-state index is -1.01. The van der Waals surface area contributed by atoms with Crippen LogP contribution in [0.25, 0.3) is 0 Å². The fourth-order valence-corrected chi connectivity index (χ4v) is 3.42. The van der Waals surface area contributed by atoms with Gasteiger partial charge in [0.25, 0.3) is 0 Å². The summed E-state index contributed by atoms with van der Waals surface area (Å²) >= 11 is 0. The molecule has 0 aromatic heterocycles. The van der Waals surface area contributed by atoms with Crippen LogP contribution in [-0.2, 0) is 4.79 Å². The van der Waals surface area contributed by atoms with E-state index < -0.39 is 17.6 Å². The van der Waals surface area contributed by atoms with E-state index in [9.17, 15) is 13.6 Å². The molecule has 2 fully saturated rings. The van der Waals surface area contributed by atoms with Crippen LogP contribution in [0.15, 0.2) is 24.3 Å². The van der Waals surface area contributed by atoms with Crippen molar-refractivity contribution in [1.29, 1.82) is 0 Å². The molecular formula is C15H18F2N2O. The molecule has 5 heteroatoms. The fraction of sp³-hybridized carbons (Fsp3) is 0.533. The third-order valence-corrected chi connectivity index (χ3v) is 4.64. The standard InChI is InChI=1S/C15H18F2N2O/c16-10-1-3-11(4-2-10)19-8-7-15(14(19)20)6-5-12(17)13(18)9-15/h1-4,12-13H,5-9,18H2. The second-order valence-corrected chi connectivity index (χ2v) is 5.89. The zero-order chi connectivity index (χ0) is 14.3. The quantitative estimate of drug-likeness (QED) is 0.858. The molecule has 3 unspecified atom stereocenters. The highest BCUT2D eigenvalue weighted by Crippen LogP contribution is 2.46. The first-order valence-electron chi connectivity index (χ1n) is 6.99. The molecule has 3 nitrogen and oxygen atoms in total. The van der Waals surface area contributed by atoms with E-state index in [-0.39, 0.29) is 11.7 Å². The van der Waals surface area contributed by atoms with Gasteiger partial charge in [-0.3, -0.25) is 4.79 Å². The van der Waals surface area contributed by atoms with Crippen molar-refractivity contribution in [3.05, 3.63) is 30.1 Å². The van der Waals surface area contributed by atoms with Crippen LogP contribution in [0.2, 0.25) is 0 Å². The molecule has 1 aliphatic heterocycles. The number of nitrogens with zero attached hydrogens (tertiary/aromatic N) is 1. The SMILES string of the molecule is NC1CC2(CCC1F)CCN(c1ccc(F)cc1)C2=O. The van der Waals surface area contributed by atoms with Gasteiger partial charge < -0.3 is 10.6 Å². The van der Waals surface area contributed by atoms with Gasteiger partial charge in [0.15, 0.2) is 0 Å². The summed E-state index contributed by atoms with van der Waals surface area (Å²) in [6, 6.07) is 5.34. The smallest absolute Gasteiger partial charge is 0.233 e. The van der Waals surface area contributed by atoms with Gasteiger partial charge in [0.1, 0.15) is 12.0 Å². The van der Waals surface area contributed by atoms with Crippen LogP contribution in [0.4, 0.5) is 14.5 Å². The lowest BCUT2D eigenvalue weighted by atomic mass is 9.70. The van der Waals surface area contributed by atoms with Gasteiger partial charge in [-0.05, 0) is 49.9 Å². The van der Waals surface area contributed by atoms with Gasteiger partial charge in [-0.2, -0.15) is 0 Å². The molecule has 0 radical (unpaired) electrons. The number of carbonyl (C=O) groups is 1. The Morgan fingerprint density at radius 2 is 1.95 bits per heavy atom. The first-order valence-corrected chi connectivity index (χ1v) is 6.99. The molecule has 1 amide bonds. The maximum atomic E-state index is 13.5. The van der Waals surface area contributed by atoms with Gasteiger partial charge >= 0.3 is 0 Å². The Morgan fingerprint density at radius 1 is 1.25 bits per heavy atom. The van der Waals surface area contributed by atoms with Crippen LogP contribution in [0, 0.1) is 11.2 Å². The summed E-state index contributed by atoms with van der Waals surface area (Å²) in [6.07, 6.45) is 1.00. The molecule has 3 rings (SSSR count). The number of hydrogen-bond acceptors (Lipinski definition) is 2. The summed E-state index contributed by atoms with van der Waals surface area (Å²) in [7, 11) is 0. The van der Waals surface area contributed by atoms with Gasteiger partial charge in [-0.1, -0.05) is 0 Å². The lowest BCUT2D eigenvalue weighted by Crippen LogP contribution is -2.47. The molecule has 1 heterocycles. The van der Waals surface area contributed by atoms with E-state index in [2.05, 4.69) is 0 Å². The topological polar surface area (TPSA) is 46.3 Å². The highest BCUT2D eigenvalue weighted by molar-refractivity contribution is 6.00. The van der Waals surface area contributed by atoms with Crippen molar-refractivity contribution in [1.82, 2.24) is 0 Å². The van der Waals surface area contributed by atoms with Crippen LogP contribution < -0.4 is 10.6 Å². The van der Waals surface area contributed by atoms with Crippen molar-refractivity contribution in [2.45, 2.75) is 37.9 Å². The number of anilines is 1. The summed E-state index contributed by atoms with van der Waals surface area (Å²) in [6.45, 7) is 0.591. The zero-order valence-electron chi connectivity index (χ0n) is 11.2. The highest BCUT2D eigenvalue weighted by Gasteiger charge is 2.51. The van der Waals surface area contributed by atoms with E-state index >= 15 is 0 Å². The van der Waals surface area contributed by atoms with Crippen molar-refractivity contribution in [3.63, 3.8) is 0 Å². The normalized spacial score (nSPS) is 34.0. The van der Waals surface area contributed by atoms with E-state index in [1.54, 1.807) is 17.0 Å². The summed E-state index contributed by atoms with van der Waals surface area (Å²) in [5.74, 6) is -0.318. The Hall–Kier alpha value is -1.49. The molecule has 0 bridgehead atoms. The largest absolute Gasteiger partial charge is 0.325 e. The molecule has 1 aromatic rings. The van der Waals surface area contributed by atoms with Gasteiger partial charge in [0.05, 0.1) is 5.41 Å². The highest BCUT2D eigenvalue weighted by atomic mass is 19.1. The van der Waals surface area contributed by atoms with Crippen molar-refractivity contribution in [3.8, 4) is 0 Å². The van der Waals surface area contributed by atoms with Gasteiger partial charge in [0, 0.05) is 18.3 Å². The molecule has 108 valence electrons. The summed E-state index contributed by atoms with van der Waals surface area (Å²) in [5, 5.41) is 0. The maximum Gasteiger partial charge on any atom is 0.233 e.